The summed E-state index contributed by atoms with van der Waals surface area (Å²) < 4.78 is 5.90. The van der Waals surface area contributed by atoms with E-state index in [1.54, 1.807) is 30.0 Å². The zero-order valence-electron chi connectivity index (χ0n) is 12.2. The highest BCUT2D eigenvalue weighted by atomic mass is 32.2. The van der Waals surface area contributed by atoms with Crippen molar-refractivity contribution in [2.45, 2.75) is 26.4 Å². The fourth-order valence-electron chi connectivity index (χ4n) is 1.94. The molecule has 0 saturated carbocycles. The number of thioether (sulfide) groups is 1. The van der Waals surface area contributed by atoms with Gasteiger partial charge in [-0.05, 0) is 32.1 Å². The molecule has 0 bridgehead atoms. The molecule has 1 unspecified atom stereocenters. The molecule has 0 amide bonds. The summed E-state index contributed by atoms with van der Waals surface area (Å²) in [5, 5.41) is 10.6. The number of hydrogen-bond donors (Lipinski definition) is 0. The van der Waals surface area contributed by atoms with Crippen molar-refractivity contribution in [2.24, 2.45) is 5.92 Å². The molecule has 1 atom stereocenters. The second kappa shape index (κ2) is 5.89. The Morgan fingerprint density at radius 1 is 1.33 bits per heavy atom. The third-order valence-corrected chi connectivity index (χ3v) is 4.85. The Labute approximate surface area is 127 Å². The molecular formula is C15H17NO4S. The lowest BCUT2D eigenvalue weighted by molar-refractivity contribution is -0.384. The summed E-state index contributed by atoms with van der Waals surface area (Å²) in [5.41, 5.74) is -0.619. The van der Waals surface area contributed by atoms with Crippen LogP contribution >= 0.6 is 11.8 Å². The van der Waals surface area contributed by atoms with E-state index >= 15 is 0 Å². The van der Waals surface area contributed by atoms with Gasteiger partial charge in [0.15, 0.2) is 5.78 Å². The molecule has 1 aliphatic heterocycles. The van der Waals surface area contributed by atoms with E-state index in [0.717, 1.165) is 10.7 Å². The lowest BCUT2D eigenvalue weighted by Crippen LogP contribution is -2.33. The van der Waals surface area contributed by atoms with Gasteiger partial charge >= 0.3 is 0 Å². The maximum atomic E-state index is 11.8. The Morgan fingerprint density at radius 3 is 2.48 bits per heavy atom. The average molecular weight is 307 g/mol. The standard InChI is InChI=1S/C15H17NO4S/c1-10-9-21-14(8-13(10)17)15(2,3)20-12-6-4-11(5-7-12)16(18)19/h4-8,10H,9H2,1-3H3. The number of rotatable bonds is 4. The van der Waals surface area contributed by atoms with Crippen molar-refractivity contribution in [2.75, 3.05) is 5.75 Å². The Bertz CT molecular complexity index is 592. The highest BCUT2D eigenvalue weighted by Crippen LogP contribution is 2.36. The molecule has 2 rings (SSSR count). The summed E-state index contributed by atoms with van der Waals surface area (Å²) in [6.07, 6.45) is 1.64. The number of nitro benzene ring substituents is 1. The summed E-state index contributed by atoms with van der Waals surface area (Å²) in [4.78, 5) is 22.9. The topological polar surface area (TPSA) is 69.4 Å². The van der Waals surface area contributed by atoms with Crippen molar-refractivity contribution in [3.63, 3.8) is 0 Å². The van der Waals surface area contributed by atoms with Crippen LogP contribution in [0.1, 0.15) is 20.8 Å². The zero-order chi connectivity index (χ0) is 15.6. The second-order valence-corrected chi connectivity index (χ2v) is 6.55. The van der Waals surface area contributed by atoms with E-state index in [1.165, 1.54) is 12.1 Å². The number of ether oxygens (including phenoxy) is 1. The molecule has 1 aromatic carbocycles. The van der Waals surface area contributed by atoms with Crippen LogP contribution in [0.5, 0.6) is 5.75 Å². The largest absolute Gasteiger partial charge is 0.483 e. The minimum absolute atomic E-state index is 0.0235. The molecule has 0 radical (unpaired) electrons. The van der Waals surface area contributed by atoms with Gasteiger partial charge in [-0.3, -0.25) is 14.9 Å². The van der Waals surface area contributed by atoms with Crippen LogP contribution in [0.3, 0.4) is 0 Å². The van der Waals surface area contributed by atoms with Crippen LogP contribution in [0, 0.1) is 16.0 Å². The first kappa shape index (κ1) is 15.6. The van der Waals surface area contributed by atoms with Crippen LogP contribution in [0.2, 0.25) is 0 Å². The van der Waals surface area contributed by atoms with E-state index in [4.69, 9.17) is 4.74 Å². The predicted molar refractivity (Wildman–Crippen MR) is 82.5 cm³/mol. The van der Waals surface area contributed by atoms with Gasteiger partial charge in [0.2, 0.25) is 0 Å². The molecule has 21 heavy (non-hydrogen) atoms. The van der Waals surface area contributed by atoms with E-state index in [9.17, 15) is 14.9 Å². The fraction of sp³-hybridized carbons (Fsp3) is 0.400. The van der Waals surface area contributed by atoms with E-state index in [1.807, 2.05) is 20.8 Å². The minimum Gasteiger partial charge on any atom is -0.483 e. The van der Waals surface area contributed by atoms with Crippen molar-refractivity contribution in [3.8, 4) is 5.75 Å². The number of allylic oxidation sites excluding steroid dienone is 1. The average Bonchev–Trinajstić information content (AvgIpc) is 2.42. The number of carbonyl (C=O) groups is 1. The number of non-ortho nitro benzene ring substituents is 1. The molecule has 0 spiro atoms. The molecule has 0 aliphatic carbocycles. The molecule has 112 valence electrons. The number of hydrogen-bond acceptors (Lipinski definition) is 5. The molecule has 0 fully saturated rings. The first-order chi connectivity index (χ1) is 9.79. The van der Waals surface area contributed by atoms with Gasteiger partial charge in [-0.25, -0.2) is 0 Å². The van der Waals surface area contributed by atoms with Crippen LogP contribution in [0.15, 0.2) is 35.2 Å². The second-order valence-electron chi connectivity index (χ2n) is 5.49. The summed E-state index contributed by atoms with van der Waals surface area (Å²) in [5.74, 6) is 1.44. The van der Waals surface area contributed by atoms with Gasteiger partial charge in [0.05, 0.1) is 4.92 Å². The first-order valence-electron chi connectivity index (χ1n) is 6.62. The third kappa shape index (κ3) is 3.64. The van der Waals surface area contributed by atoms with Crippen LogP contribution in [0.4, 0.5) is 5.69 Å². The Hall–Kier alpha value is -1.82. The molecule has 1 aliphatic rings. The summed E-state index contributed by atoms with van der Waals surface area (Å²) in [7, 11) is 0. The van der Waals surface area contributed by atoms with Gasteiger partial charge in [0, 0.05) is 28.7 Å². The maximum absolute atomic E-state index is 11.8. The third-order valence-electron chi connectivity index (χ3n) is 3.26. The van der Waals surface area contributed by atoms with E-state index < -0.39 is 10.5 Å². The SMILES string of the molecule is CC1CSC(C(C)(C)Oc2ccc([N+](=O)[O-])cc2)=CC1=O. The van der Waals surface area contributed by atoms with Crippen molar-refractivity contribution in [1.82, 2.24) is 0 Å². The zero-order valence-corrected chi connectivity index (χ0v) is 13.0. The van der Waals surface area contributed by atoms with Crippen molar-refractivity contribution in [1.29, 1.82) is 0 Å². The highest BCUT2D eigenvalue weighted by molar-refractivity contribution is 8.03. The van der Waals surface area contributed by atoms with Crippen LogP contribution in [-0.2, 0) is 4.79 Å². The number of benzene rings is 1. The van der Waals surface area contributed by atoms with Crippen molar-refractivity contribution in [3.05, 3.63) is 45.4 Å². The predicted octanol–water partition coefficient (Wildman–Crippen LogP) is 3.59. The summed E-state index contributed by atoms with van der Waals surface area (Å²) >= 11 is 1.62. The Kier molecular flexibility index (Phi) is 4.37. The molecule has 1 aromatic rings. The molecule has 5 nitrogen and oxygen atoms in total. The normalized spacial score (nSPS) is 19.1. The van der Waals surface area contributed by atoms with Gasteiger partial charge in [-0.1, -0.05) is 6.92 Å². The van der Waals surface area contributed by atoms with Crippen LogP contribution in [-0.4, -0.2) is 22.1 Å². The number of nitrogens with zero attached hydrogens (tertiary/aromatic N) is 1. The number of nitro groups is 1. The van der Waals surface area contributed by atoms with E-state index in [-0.39, 0.29) is 17.4 Å². The van der Waals surface area contributed by atoms with Crippen LogP contribution in [0.25, 0.3) is 0 Å². The first-order valence-corrected chi connectivity index (χ1v) is 7.60. The van der Waals surface area contributed by atoms with Crippen molar-refractivity contribution < 1.29 is 14.5 Å². The number of carbonyl (C=O) groups excluding carboxylic acids is 1. The molecular weight excluding hydrogens is 290 g/mol. The fourth-order valence-corrected chi connectivity index (χ4v) is 3.12. The Balaban J connectivity index is 2.15. The van der Waals surface area contributed by atoms with Gasteiger partial charge in [0.25, 0.3) is 5.69 Å². The quantitative estimate of drug-likeness (QED) is 0.628. The molecule has 0 aromatic heterocycles. The summed E-state index contributed by atoms with van der Waals surface area (Å²) in [6.45, 7) is 5.68. The summed E-state index contributed by atoms with van der Waals surface area (Å²) in [6, 6.07) is 5.94. The van der Waals surface area contributed by atoms with Gasteiger partial charge in [0.1, 0.15) is 11.4 Å². The van der Waals surface area contributed by atoms with Gasteiger partial charge in [-0.15, -0.1) is 11.8 Å². The van der Waals surface area contributed by atoms with Gasteiger partial charge < -0.3 is 4.74 Å². The smallest absolute Gasteiger partial charge is 0.269 e. The Morgan fingerprint density at radius 2 is 1.95 bits per heavy atom. The maximum Gasteiger partial charge on any atom is 0.269 e. The lowest BCUT2D eigenvalue weighted by Gasteiger charge is -2.31. The molecule has 1 heterocycles. The minimum atomic E-state index is -0.642. The molecule has 0 saturated heterocycles. The van der Waals surface area contributed by atoms with E-state index in [2.05, 4.69) is 0 Å². The lowest BCUT2D eigenvalue weighted by atomic mass is 10.0. The van der Waals surface area contributed by atoms with Crippen LogP contribution < -0.4 is 4.74 Å². The van der Waals surface area contributed by atoms with E-state index in [0.29, 0.717) is 5.75 Å². The molecule has 6 heteroatoms. The van der Waals surface area contributed by atoms with Gasteiger partial charge in [-0.2, -0.15) is 0 Å². The monoisotopic (exact) mass is 307 g/mol. The molecule has 0 N–H and O–H groups in total. The highest BCUT2D eigenvalue weighted by Gasteiger charge is 2.31. The van der Waals surface area contributed by atoms with Crippen molar-refractivity contribution >= 4 is 23.2 Å². The number of ketones is 1.